The maximum Gasteiger partial charge on any atom is 0.131 e. The Labute approximate surface area is 70.6 Å². The minimum absolute atomic E-state index is 0.142. The van der Waals surface area contributed by atoms with E-state index in [4.69, 9.17) is 0 Å². The molecule has 0 saturated heterocycles. The highest BCUT2D eigenvalue weighted by Crippen LogP contribution is 2.20. The molecule has 1 heteroatoms. The third kappa shape index (κ3) is 0.981. The Morgan fingerprint density at radius 2 is 1.58 bits per heavy atom. The molecule has 2 aromatic rings. The molecule has 0 amide bonds. The summed E-state index contributed by atoms with van der Waals surface area (Å²) in [6, 6.07) is 10.8. The molecule has 0 unspecified atom stereocenters. The molecule has 0 aliphatic heterocycles. The number of halogens is 1. The predicted molar refractivity (Wildman–Crippen MR) is 48.6 cm³/mol. The molecule has 2 rings (SSSR count). The van der Waals surface area contributed by atoms with Crippen LogP contribution >= 0.6 is 0 Å². The molecule has 0 bridgehead atoms. The Hall–Kier alpha value is -1.37. The van der Waals surface area contributed by atoms with Crippen LogP contribution in [0.15, 0.2) is 36.4 Å². The summed E-state index contributed by atoms with van der Waals surface area (Å²) in [5.74, 6) is -0.142. The fourth-order valence-corrected chi connectivity index (χ4v) is 1.41. The molecule has 12 heavy (non-hydrogen) atoms. The summed E-state index contributed by atoms with van der Waals surface area (Å²) < 4.78 is 13.2. The lowest BCUT2D eigenvalue weighted by molar-refractivity contribution is 0.639. The summed E-state index contributed by atoms with van der Waals surface area (Å²) in [4.78, 5) is 0. The first-order valence-electron chi connectivity index (χ1n) is 3.93. The van der Waals surface area contributed by atoms with Crippen molar-refractivity contribution in [2.75, 3.05) is 0 Å². The quantitative estimate of drug-likeness (QED) is 0.554. The molecule has 0 N–H and O–H groups in total. The van der Waals surface area contributed by atoms with Crippen LogP contribution in [0.5, 0.6) is 0 Å². The van der Waals surface area contributed by atoms with Crippen LogP contribution in [0.2, 0.25) is 0 Å². The van der Waals surface area contributed by atoms with Crippen molar-refractivity contribution in [1.82, 2.24) is 0 Å². The number of fused-ring (bicyclic) bond motifs is 1. The van der Waals surface area contributed by atoms with E-state index in [1.807, 2.05) is 25.1 Å². The number of benzene rings is 2. The summed E-state index contributed by atoms with van der Waals surface area (Å²) in [6.07, 6.45) is 0. The van der Waals surface area contributed by atoms with Gasteiger partial charge in [-0.3, -0.25) is 0 Å². The van der Waals surface area contributed by atoms with Crippen LogP contribution in [0.3, 0.4) is 0 Å². The van der Waals surface area contributed by atoms with Gasteiger partial charge in [-0.15, -0.1) is 0 Å². The lowest BCUT2D eigenvalue weighted by Crippen LogP contribution is -1.81. The first-order valence-corrected chi connectivity index (χ1v) is 3.93. The highest BCUT2D eigenvalue weighted by atomic mass is 19.1. The van der Waals surface area contributed by atoms with E-state index in [2.05, 4.69) is 0 Å². The van der Waals surface area contributed by atoms with Crippen LogP contribution in [0.1, 0.15) is 5.56 Å². The average Bonchev–Trinajstić information content (AvgIpc) is 2.12. The fraction of sp³-hybridized carbons (Fsp3) is 0.0909. The summed E-state index contributed by atoms with van der Waals surface area (Å²) >= 11 is 0. The summed E-state index contributed by atoms with van der Waals surface area (Å²) in [5.41, 5.74) is 1.12. The lowest BCUT2D eigenvalue weighted by Gasteiger charge is -2.01. The molecule has 0 atom stereocenters. The molecule has 0 spiro atoms. The van der Waals surface area contributed by atoms with Gasteiger partial charge in [0.05, 0.1) is 0 Å². The fourth-order valence-electron chi connectivity index (χ4n) is 1.41. The number of aryl methyl sites for hydroxylation is 1. The van der Waals surface area contributed by atoms with Gasteiger partial charge in [-0.05, 0) is 23.9 Å². The zero-order chi connectivity index (χ0) is 8.55. The molecule has 0 radical (unpaired) electrons. The van der Waals surface area contributed by atoms with Crippen molar-refractivity contribution in [3.8, 4) is 0 Å². The van der Waals surface area contributed by atoms with E-state index in [1.165, 1.54) is 6.07 Å². The third-order valence-corrected chi connectivity index (χ3v) is 2.09. The van der Waals surface area contributed by atoms with Gasteiger partial charge >= 0.3 is 0 Å². The molecule has 0 aliphatic carbocycles. The predicted octanol–water partition coefficient (Wildman–Crippen LogP) is 3.29. The maximum atomic E-state index is 13.2. The number of hydrogen-bond acceptors (Lipinski definition) is 0. The summed E-state index contributed by atoms with van der Waals surface area (Å²) in [7, 11) is 0. The molecule has 60 valence electrons. The van der Waals surface area contributed by atoms with Gasteiger partial charge in [-0.1, -0.05) is 30.3 Å². The first kappa shape index (κ1) is 7.29. The van der Waals surface area contributed by atoms with Crippen molar-refractivity contribution in [3.05, 3.63) is 47.8 Å². The van der Waals surface area contributed by atoms with Crippen molar-refractivity contribution in [3.63, 3.8) is 0 Å². The van der Waals surface area contributed by atoms with Gasteiger partial charge in [0.15, 0.2) is 0 Å². The Morgan fingerprint density at radius 3 is 2.25 bits per heavy atom. The van der Waals surface area contributed by atoms with Gasteiger partial charge in [-0.25, -0.2) is 4.39 Å². The Morgan fingerprint density at radius 1 is 0.917 bits per heavy atom. The van der Waals surface area contributed by atoms with E-state index in [-0.39, 0.29) is 5.82 Å². The van der Waals surface area contributed by atoms with Crippen LogP contribution < -0.4 is 0 Å². The molecule has 0 saturated carbocycles. The normalized spacial score (nSPS) is 10.5. The van der Waals surface area contributed by atoms with E-state index in [0.29, 0.717) is 5.39 Å². The van der Waals surface area contributed by atoms with Gasteiger partial charge in [-0.2, -0.15) is 0 Å². The van der Waals surface area contributed by atoms with Gasteiger partial charge in [0.2, 0.25) is 0 Å². The van der Waals surface area contributed by atoms with E-state index >= 15 is 0 Å². The minimum Gasteiger partial charge on any atom is -0.206 e. The topological polar surface area (TPSA) is 0 Å². The lowest BCUT2D eigenvalue weighted by atomic mass is 10.1. The second kappa shape index (κ2) is 2.59. The van der Waals surface area contributed by atoms with Crippen LogP contribution in [0.4, 0.5) is 4.39 Å². The van der Waals surface area contributed by atoms with Crippen LogP contribution in [0.25, 0.3) is 10.8 Å². The molecule has 0 heterocycles. The third-order valence-electron chi connectivity index (χ3n) is 2.09. The molecule has 0 aromatic heterocycles. The molecule has 0 aliphatic rings. The Kier molecular flexibility index (Phi) is 1.58. The molecule has 0 fully saturated rings. The van der Waals surface area contributed by atoms with Gasteiger partial charge in [0.1, 0.15) is 5.82 Å². The highest BCUT2D eigenvalue weighted by molar-refractivity contribution is 5.85. The monoisotopic (exact) mass is 160 g/mol. The van der Waals surface area contributed by atoms with E-state index < -0.39 is 0 Å². The average molecular weight is 160 g/mol. The summed E-state index contributed by atoms with van der Waals surface area (Å²) in [6.45, 7) is 1.99. The van der Waals surface area contributed by atoms with Crippen molar-refractivity contribution >= 4 is 10.8 Å². The van der Waals surface area contributed by atoms with E-state index in [1.54, 1.807) is 12.1 Å². The number of rotatable bonds is 0. The van der Waals surface area contributed by atoms with Crippen LogP contribution in [-0.2, 0) is 0 Å². The van der Waals surface area contributed by atoms with Gasteiger partial charge < -0.3 is 0 Å². The molecule has 0 nitrogen and oxygen atoms in total. The maximum absolute atomic E-state index is 13.2. The Bertz CT molecular complexity index is 378. The zero-order valence-electron chi connectivity index (χ0n) is 6.84. The molecular weight excluding hydrogens is 151 g/mol. The summed E-state index contributed by atoms with van der Waals surface area (Å²) in [5, 5.41) is 1.70. The largest absolute Gasteiger partial charge is 0.206 e. The van der Waals surface area contributed by atoms with Crippen LogP contribution in [-0.4, -0.2) is 0 Å². The smallest absolute Gasteiger partial charge is 0.131 e. The van der Waals surface area contributed by atoms with Gasteiger partial charge in [0.25, 0.3) is 0 Å². The van der Waals surface area contributed by atoms with Crippen molar-refractivity contribution in [1.29, 1.82) is 0 Å². The van der Waals surface area contributed by atoms with Crippen molar-refractivity contribution in [2.24, 2.45) is 0 Å². The molecular formula is C11H9F. The van der Waals surface area contributed by atoms with Crippen LogP contribution in [0, 0.1) is 12.7 Å². The Balaban J connectivity index is 2.95. The number of hydrogen-bond donors (Lipinski definition) is 0. The van der Waals surface area contributed by atoms with E-state index in [9.17, 15) is 4.39 Å². The van der Waals surface area contributed by atoms with E-state index in [0.717, 1.165) is 10.9 Å². The first-order chi connectivity index (χ1) is 5.79. The SMILES string of the molecule is Cc1ccc(F)c2ccccc12. The zero-order valence-corrected chi connectivity index (χ0v) is 6.84. The highest BCUT2D eigenvalue weighted by Gasteiger charge is 2.00. The van der Waals surface area contributed by atoms with Crippen molar-refractivity contribution < 1.29 is 4.39 Å². The minimum atomic E-state index is -0.142. The molecule has 2 aromatic carbocycles. The second-order valence-corrected chi connectivity index (χ2v) is 2.91. The van der Waals surface area contributed by atoms with Gasteiger partial charge in [0, 0.05) is 5.39 Å². The standard InChI is InChI=1S/C11H9F/c1-8-6-7-11(12)10-5-3-2-4-9(8)10/h2-7H,1H3. The second-order valence-electron chi connectivity index (χ2n) is 2.91. The van der Waals surface area contributed by atoms with Crippen molar-refractivity contribution in [2.45, 2.75) is 6.92 Å².